The molecule has 0 saturated carbocycles. The third-order valence-electron chi connectivity index (χ3n) is 2.96. The van der Waals surface area contributed by atoms with Crippen LogP contribution in [0.15, 0.2) is 48.5 Å². The highest BCUT2D eigenvalue weighted by Crippen LogP contribution is 2.25. The number of rotatable bonds is 6. The Labute approximate surface area is 140 Å². The molecule has 0 aliphatic carbocycles. The largest absolute Gasteiger partial charge is 0.435 e. The summed E-state index contributed by atoms with van der Waals surface area (Å²) in [6.45, 7) is -2.94. The second-order valence-corrected chi connectivity index (χ2v) is 4.98. The van der Waals surface area contributed by atoms with Gasteiger partial charge in [0.2, 0.25) is 0 Å². The topological polar surface area (TPSA) is 69.4 Å². The first-order valence-electron chi connectivity index (χ1n) is 6.58. The van der Waals surface area contributed by atoms with Crippen molar-refractivity contribution in [3.63, 3.8) is 0 Å². The Hall–Kier alpha value is -2.80. The van der Waals surface area contributed by atoms with E-state index in [1.165, 1.54) is 54.6 Å². The van der Waals surface area contributed by atoms with Crippen LogP contribution in [0.1, 0.15) is 15.9 Å². The van der Waals surface area contributed by atoms with Gasteiger partial charge >= 0.3 is 6.61 Å². The van der Waals surface area contributed by atoms with Crippen LogP contribution in [0.2, 0.25) is 5.02 Å². The van der Waals surface area contributed by atoms with Gasteiger partial charge < -0.3 is 4.74 Å². The van der Waals surface area contributed by atoms with E-state index in [0.717, 1.165) is 0 Å². The fourth-order valence-electron chi connectivity index (χ4n) is 1.84. The van der Waals surface area contributed by atoms with Crippen molar-refractivity contribution >= 4 is 29.1 Å². The Balaban J connectivity index is 2.13. The molecule has 0 heterocycles. The zero-order chi connectivity index (χ0) is 17.7. The van der Waals surface area contributed by atoms with Crippen LogP contribution in [0.25, 0.3) is 6.08 Å². The molecule has 0 amide bonds. The number of hydrogen-bond acceptors (Lipinski definition) is 4. The van der Waals surface area contributed by atoms with Crippen molar-refractivity contribution in [3.8, 4) is 5.75 Å². The van der Waals surface area contributed by atoms with E-state index in [0.29, 0.717) is 5.56 Å². The molecule has 0 aliphatic rings. The number of carbonyl (C=O) groups is 1. The van der Waals surface area contributed by atoms with E-state index >= 15 is 0 Å². The molecule has 0 spiro atoms. The molecule has 0 aliphatic heterocycles. The van der Waals surface area contributed by atoms with E-state index in [1.54, 1.807) is 0 Å². The molecule has 124 valence electrons. The molecule has 2 rings (SSSR count). The normalized spacial score (nSPS) is 11.0. The van der Waals surface area contributed by atoms with Gasteiger partial charge in [-0.15, -0.1) is 0 Å². The molecule has 0 atom stereocenters. The Bertz CT molecular complexity index is 791. The number of nitro benzene ring substituents is 1. The first-order chi connectivity index (χ1) is 11.4. The van der Waals surface area contributed by atoms with E-state index in [4.69, 9.17) is 11.6 Å². The summed E-state index contributed by atoms with van der Waals surface area (Å²) < 4.78 is 28.3. The number of allylic oxidation sites excluding steroid dienone is 1. The molecule has 0 radical (unpaired) electrons. The number of benzene rings is 2. The fraction of sp³-hybridized carbons (Fsp3) is 0.0625. The van der Waals surface area contributed by atoms with E-state index in [2.05, 4.69) is 4.74 Å². The van der Waals surface area contributed by atoms with Gasteiger partial charge in [0, 0.05) is 11.6 Å². The Morgan fingerprint density at radius 2 is 1.88 bits per heavy atom. The molecule has 24 heavy (non-hydrogen) atoms. The van der Waals surface area contributed by atoms with Crippen LogP contribution >= 0.6 is 11.6 Å². The van der Waals surface area contributed by atoms with Crippen molar-refractivity contribution in [2.75, 3.05) is 0 Å². The Morgan fingerprint density at radius 3 is 2.46 bits per heavy atom. The van der Waals surface area contributed by atoms with Crippen molar-refractivity contribution in [1.82, 2.24) is 0 Å². The highest BCUT2D eigenvalue weighted by Gasteiger charge is 2.12. The number of nitro groups is 1. The lowest BCUT2D eigenvalue weighted by atomic mass is 10.1. The lowest BCUT2D eigenvalue weighted by Crippen LogP contribution is -2.02. The summed E-state index contributed by atoms with van der Waals surface area (Å²) in [7, 11) is 0. The van der Waals surface area contributed by atoms with Crippen molar-refractivity contribution < 1.29 is 23.2 Å². The van der Waals surface area contributed by atoms with Gasteiger partial charge in [0.25, 0.3) is 5.69 Å². The molecule has 5 nitrogen and oxygen atoms in total. The Kier molecular flexibility index (Phi) is 5.59. The summed E-state index contributed by atoms with van der Waals surface area (Å²) in [5.74, 6) is -0.449. The van der Waals surface area contributed by atoms with Crippen molar-refractivity contribution in [1.29, 1.82) is 0 Å². The zero-order valence-electron chi connectivity index (χ0n) is 12.0. The van der Waals surface area contributed by atoms with Gasteiger partial charge in [-0.1, -0.05) is 23.7 Å². The molecule has 0 fully saturated rings. The van der Waals surface area contributed by atoms with Crippen molar-refractivity contribution in [2.24, 2.45) is 0 Å². The zero-order valence-corrected chi connectivity index (χ0v) is 12.7. The number of halogens is 3. The minimum atomic E-state index is -2.94. The maximum Gasteiger partial charge on any atom is 0.387 e. The number of ether oxygens (including phenoxy) is 1. The predicted octanol–water partition coefficient (Wildman–Crippen LogP) is 4.75. The summed E-state index contributed by atoms with van der Waals surface area (Å²) >= 11 is 5.70. The lowest BCUT2D eigenvalue weighted by molar-refractivity contribution is -0.384. The van der Waals surface area contributed by atoms with E-state index < -0.39 is 17.3 Å². The van der Waals surface area contributed by atoms with Gasteiger partial charge in [-0.25, -0.2) is 0 Å². The average Bonchev–Trinajstić information content (AvgIpc) is 2.53. The lowest BCUT2D eigenvalue weighted by Gasteiger charge is -2.04. The molecular weight excluding hydrogens is 344 g/mol. The molecular formula is C16H10ClF2NO4. The van der Waals surface area contributed by atoms with Crippen LogP contribution < -0.4 is 4.74 Å². The molecule has 8 heteroatoms. The highest BCUT2D eigenvalue weighted by molar-refractivity contribution is 6.32. The van der Waals surface area contributed by atoms with E-state index in [9.17, 15) is 23.7 Å². The molecule has 0 saturated heterocycles. The number of nitrogens with zero attached hydrogens (tertiary/aromatic N) is 1. The van der Waals surface area contributed by atoms with Crippen LogP contribution in [0.5, 0.6) is 5.75 Å². The minimum absolute atomic E-state index is 0.00176. The second-order valence-electron chi connectivity index (χ2n) is 4.57. The molecule has 2 aromatic carbocycles. The quantitative estimate of drug-likeness (QED) is 0.325. The first kappa shape index (κ1) is 17.6. The van der Waals surface area contributed by atoms with E-state index in [1.807, 2.05) is 0 Å². The van der Waals surface area contributed by atoms with Gasteiger partial charge in [0.1, 0.15) is 10.8 Å². The maximum atomic E-state index is 12.0. The highest BCUT2D eigenvalue weighted by atomic mass is 35.5. The van der Waals surface area contributed by atoms with Gasteiger partial charge in [-0.2, -0.15) is 8.78 Å². The fourth-order valence-corrected chi connectivity index (χ4v) is 2.03. The molecule has 0 N–H and O–H groups in total. The number of carbonyl (C=O) groups excluding carboxylic acids is 1. The van der Waals surface area contributed by atoms with Crippen LogP contribution in [0.4, 0.5) is 14.5 Å². The van der Waals surface area contributed by atoms with Gasteiger partial charge in [-0.3, -0.25) is 14.9 Å². The second kappa shape index (κ2) is 7.65. The summed E-state index contributed by atoms with van der Waals surface area (Å²) in [6, 6.07) is 9.31. The molecule has 0 aromatic heterocycles. The summed E-state index contributed by atoms with van der Waals surface area (Å²) in [4.78, 5) is 22.2. The van der Waals surface area contributed by atoms with E-state index in [-0.39, 0.29) is 22.0 Å². The van der Waals surface area contributed by atoms with Crippen LogP contribution in [-0.2, 0) is 0 Å². The van der Waals surface area contributed by atoms with Gasteiger partial charge in [0.15, 0.2) is 5.78 Å². The third kappa shape index (κ3) is 4.60. The summed E-state index contributed by atoms with van der Waals surface area (Å²) in [5, 5.41) is 10.8. The predicted molar refractivity (Wildman–Crippen MR) is 84.5 cm³/mol. The molecule has 0 bridgehead atoms. The molecule has 2 aromatic rings. The smallest absolute Gasteiger partial charge is 0.387 e. The van der Waals surface area contributed by atoms with Crippen LogP contribution in [0.3, 0.4) is 0 Å². The van der Waals surface area contributed by atoms with Crippen molar-refractivity contribution in [3.05, 3.63) is 74.8 Å². The van der Waals surface area contributed by atoms with Gasteiger partial charge in [0.05, 0.1) is 4.92 Å². The maximum absolute atomic E-state index is 12.0. The van der Waals surface area contributed by atoms with Crippen LogP contribution in [-0.4, -0.2) is 17.3 Å². The number of alkyl halides is 2. The summed E-state index contributed by atoms with van der Waals surface area (Å²) in [5.41, 5.74) is 0.424. The minimum Gasteiger partial charge on any atom is -0.435 e. The molecule has 0 unspecified atom stereocenters. The standard InChI is InChI=1S/C16H10ClF2NO4/c17-13-7-1-10(9-14(13)20(22)23)2-8-15(21)11-3-5-12(6-4-11)24-16(18)19/h1-9,16H. The average molecular weight is 354 g/mol. The first-order valence-corrected chi connectivity index (χ1v) is 6.96. The Morgan fingerprint density at radius 1 is 1.21 bits per heavy atom. The monoisotopic (exact) mass is 353 g/mol. The summed E-state index contributed by atoms with van der Waals surface area (Å²) in [6.07, 6.45) is 2.62. The number of hydrogen-bond donors (Lipinski definition) is 0. The van der Waals surface area contributed by atoms with Crippen LogP contribution in [0, 0.1) is 10.1 Å². The van der Waals surface area contributed by atoms with Gasteiger partial charge in [-0.05, 0) is 42.0 Å². The number of ketones is 1. The van der Waals surface area contributed by atoms with Crippen molar-refractivity contribution in [2.45, 2.75) is 6.61 Å². The SMILES string of the molecule is O=C(C=Cc1ccc(Cl)c([N+](=O)[O-])c1)c1ccc(OC(F)F)cc1. The third-order valence-corrected chi connectivity index (χ3v) is 3.28.